The standard InChI is InChI=1S/C29H23N3O4S/c1-34-26-16-23-24(17-27(26)35-2)30-15-14-25(23)36-20-12-10-19(11-13-20)31-29(37)32-28(33)22-9-5-7-18-6-3-4-8-21(18)22/h3-17H,1-2H3,(H2,31,32,33,37). The summed E-state index contributed by atoms with van der Waals surface area (Å²) >= 11 is 5.37. The molecule has 37 heavy (non-hydrogen) atoms. The number of carbonyl (C=O) groups is 1. The maximum atomic E-state index is 12.8. The first kappa shape index (κ1) is 24.0. The fourth-order valence-corrected chi connectivity index (χ4v) is 4.24. The van der Waals surface area contributed by atoms with Gasteiger partial charge in [-0.1, -0.05) is 36.4 Å². The average Bonchev–Trinajstić information content (AvgIpc) is 2.93. The van der Waals surface area contributed by atoms with E-state index in [0.717, 1.165) is 21.7 Å². The lowest BCUT2D eigenvalue weighted by Crippen LogP contribution is -2.34. The van der Waals surface area contributed by atoms with E-state index in [9.17, 15) is 4.79 Å². The minimum absolute atomic E-state index is 0.202. The van der Waals surface area contributed by atoms with Crippen molar-refractivity contribution >= 4 is 50.6 Å². The van der Waals surface area contributed by atoms with Gasteiger partial charge >= 0.3 is 0 Å². The van der Waals surface area contributed by atoms with Crippen LogP contribution in [0.15, 0.2) is 91.1 Å². The molecule has 0 unspecified atom stereocenters. The van der Waals surface area contributed by atoms with Crippen molar-refractivity contribution in [3.63, 3.8) is 0 Å². The van der Waals surface area contributed by atoms with E-state index >= 15 is 0 Å². The van der Waals surface area contributed by atoms with Gasteiger partial charge < -0.3 is 19.5 Å². The summed E-state index contributed by atoms with van der Waals surface area (Å²) in [6, 6.07) is 26.0. The number of hydrogen-bond donors (Lipinski definition) is 2. The largest absolute Gasteiger partial charge is 0.493 e. The van der Waals surface area contributed by atoms with Crippen molar-refractivity contribution in [2.24, 2.45) is 0 Å². The number of carbonyl (C=O) groups excluding carboxylic acids is 1. The van der Waals surface area contributed by atoms with Crippen LogP contribution in [0.2, 0.25) is 0 Å². The molecule has 5 rings (SSSR count). The Morgan fingerprint density at radius 3 is 2.32 bits per heavy atom. The van der Waals surface area contributed by atoms with Crippen LogP contribution in [0.5, 0.6) is 23.0 Å². The molecule has 0 radical (unpaired) electrons. The minimum Gasteiger partial charge on any atom is -0.493 e. The van der Waals surface area contributed by atoms with Crippen LogP contribution in [-0.2, 0) is 0 Å². The lowest BCUT2D eigenvalue weighted by atomic mass is 10.0. The SMILES string of the molecule is COc1cc2nccc(Oc3ccc(NC(=S)NC(=O)c4cccc5ccccc45)cc3)c2cc1OC. The molecule has 4 aromatic carbocycles. The minimum atomic E-state index is -0.272. The molecule has 0 aliphatic rings. The van der Waals surface area contributed by atoms with E-state index in [-0.39, 0.29) is 11.0 Å². The van der Waals surface area contributed by atoms with Crippen molar-refractivity contribution in [1.82, 2.24) is 10.3 Å². The van der Waals surface area contributed by atoms with Crippen molar-refractivity contribution in [2.45, 2.75) is 0 Å². The van der Waals surface area contributed by atoms with Crippen LogP contribution in [0, 0.1) is 0 Å². The molecular formula is C29H23N3O4S. The molecule has 8 heteroatoms. The predicted molar refractivity (Wildman–Crippen MR) is 149 cm³/mol. The number of methoxy groups -OCH3 is 2. The van der Waals surface area contributed by atoms with Gasteiger partial charge in [0.05, 0.1) is 19.7 Å². The summed E-state index contributed by atoms with van der Waals surface area (Å²) in [6.45, 7) is 0. The predicted octanol–water partition coefficient (Wildman–Crippen LogP) is 6.32. The molecule has 2 N–H and O–H groups in total. The van der Waals surface area contributed by atoms with Gasteiger partial charge in [0, 0.05) is 28.9 Å². The third-order valence-electron chi connectivity index (χ3n) is 5.81. The van der Waals surface area contributed by atoms with Gasteiger partial charge in [0.15, 0.2) is 16.6 Å². The third-order valence-corrected chi connectivity index (χ3v) is 6.01. The molecule has 0 saturated heterocycles. The normalized spacial score (nSPS) is 10.6. The summed E-state index contributed by atoms with van der Waals surface area (Å²) in [5.41, 5.74) is 1.99. The van der Waals surface area contributed by atoms with Crippen LogP contribution in [0.3, 0.4) is 0 Å². The number of ether oxygens (including phenoxy) is 3. The summed E-state index contributed by atoms with van der Waals surface area (Å²) in [6.07, 6.45) is 1.68. The van der Waals surface area contributed by atoms with Gasteiger partial charge in [-0.05, 0) is 65.5 Å². The average molecular weight is 510 g/mol. The summed E-state index contributed by atoms with van der Waals surface area (Å²) in [7, 11) is 3.17. The third kappa shape index (κ3) is 5.14. The number of amides is 1. The van der Waals surface area contributed by atoms with Crippen molar-refractivity contribution in [2.75, 3.05) is 19.5 Å². The second-order valence-corrected chi connectivity index (χ2v) is 8.50. The lowest BCUT2D eigenvalue weighted by Gasteiger charge is -2.13. The van der Waals surface area contributed by atoms with Crippen LogP contribution >= 0.6 is 12.2 Å². The molecule has 0 saturated carbocycles. The van der Waals surface area contributed by atoms with Gasteiger partial charge in [0.1, 0.15) is 11.5 Å². The number of rotatable bonds is 6. The van der Waals surface area contributed by atoms with E-state index in [0.29, 0.717) is 34.2 Å². The van der Waals surface area contributed by atoms with Gasteiger partial charge in [-0.2, -0.15) is 0 Å². The summed E-state index contributed by atoms with van der Waals surface area (Å²) < 4.78 is 16.9. The summed E-state index contributed by atoms with van der Waals surface area (Å²) in [4.78, 5) is 17.2. The molecule has 1 amide bonds. The van der Waals surface area contributed by atoms with Gasteiger partial charge in [0.25, 0.3) is 5.91 Å². The molecule has 0 fully saturated rings. The first-order valence-electron chi connectivity index (χ1n) is 11.4. The molecule has 0 spiro atoms. The van der Waals surface area contributed by atoms with Crippen LogP contribution < -0.4 is 24.8 Å². The molecule has 184 valence electrons. The van der Waals surface area contributed by atoms with Crippen LogP contribution in [0.4, 0.5) is 5.69 Å². The molecule has 0 aliphatic heterocycles. The smallest absolute Gasteiger partial charge is 0.258 e. The van der Waals surface area contributed by atoms with Crippen molar-refractivity contribution in [3.8, 4) is 23.0 Å². The highest BCUT2D eigenvalue weighted by Gasteiger charge is 2.13. The first-order valence-corrected chi connectivity index (χ1v) is 11.9. The van der Waals surface area contributed by atoms with Gasteiger partial charge in [0.2, 0.25) is 0 Å². The van der Waals surface area contributed by atoms with Gasteiger partial charge in [-0.25, -0.2) is 0 Å². The zero-order chi connectivity index (χ0) is 25.8. The summed E-state index contributed by atoms with van der Waals surface area (Å²) in [5, 5.41) is 8.65. The maximum absolute atomic E-state index is 12.8. The van der Waals surface area contributed by atoms with Crippen LogP contribution in [0.1, 0.15) is 10.4 Å². The second-order valence-electron chi connectivity index (χ2n) is 8.09. The number of pyridine rings is 1. The van der Waals surface area contributed by atoms with E-state index in [1.807, 2.05) is 72.8 Å². The molecule has 5 aromatic rings. The number of hydrogen-bond acceptors (Lipinski definition) is 6. The topological polar surface area (TPSA) is 81.7 Å². The molecule has 0 aliphatic carbocycles. The van der Waals surface area contributed by atoms with Crippen molar-refractivity contribution in [3.05, 3.63) is 96.7 Å². The van der Waals surface area contributed by atoms with E-state index in [1.54, 1.807) is 32.5 Å². The van der Waals surface area contributed by atoms with Gasteiger partial charge in [-0.3, -0.25) is 15.1 Å². The number of nitrogens with one attached hydrogen (secondary N) is 2. The highest BCUT2D eigenvalue weighted by molar-refractivity contribution is 7.80. The first-order chi connectivity index (χ1) is 18.1. The highest BCUT2D eigenvalue weighted by Crippen LogP contribution is 2.37. The molecule has 1 heterocycles. The fourth-order valence-electron chi connectivity index (χ4n) is 4.03. The number of aromatic nitrogens is 1. The van der Waals surface area contributed by atoms with E-state index in [1.165, 1.54) is 0 Å². The molecule has 0 bridgehead atoms. The molecule has 0 atom stereocenters. The van der Waals surface area contributed by atoms with Crippen LogP contribution in [0.25, 0.3) is 21.7 Å². The fraction of sp³-hybridized carbons (Fsp3) is 0.0690. The Kier molecular flexibility index (Phi) is 6.83. The Labute approximate surface area is 219 Å². The zero-order valence-corrected chi connectivity index (χ0v) is 21.0. The highest BCUT2D eigenvalue weighted by atomic mass is 32.1. The molecule has 1 aromatic heterocycles. The Hall–Kier alpha value is -4.69. The number of anilines is 1. The summed E-state index contributed by atoms with van der Waals surface area (Å²) in [5.74, 6) is 2.17. The quantitative estimate of drug-likeness (QED) is 0.259. The van der Waals surface area contributed by atoms with Crippen molar-refractivity contribution < 1.29 is 19.0 Å². The van der Waals surface area contributed by atoms with Crippen molar-refractivity contribution in [1.29, 1.82) is 0 Å². The Morgan fingerprint density at radius 1 is 0.811 bits per heavy atom. The lowest BCUT2D eigenvalue weighted by molar-refractivity contribution is 0.0979. The Bertz CT molecular complexity index is 1610. The Morgan fingerprint density at radius 2 is 1.54 bits per heavy atom. The number of nitrogens with zero attached hydrogens (tertiary/aromatic N) is 1. The van der Waals surface area contributed by atoms with E-state index < -0.39 is 0 Å². The maximum Gasteiger partial charge on any atom is 0.258 e. The Balaban J connectivity index is 1.27. The molecular weight excluding hydrogens is 486 g/mol. The molecule has 7 nitrogen and oxygen atoms in total. The monoisotopic (exact) mass is 509 g/mol. The second kappa shape index (κ2) is 10.5. The number of fused-ring (bicyclic) bond motifs is 2. The van der Waals surface area contributed by atoms with E-state index in [4.69, 9.17) is 26.4 Å². The van der Waals surface area contributed by atoms with Gasteiger partial charge in [-0.15, -0.1) is 0 Å². The number of benzene rings is 4. The zero-order valence-electron chi connectivity index (χ0n) is 20.1. The van der Waals surface area contributed by atoms with Crippen LogP contribution in [-0.4, -0.2) is 30.2 Å². The van der Waals surface area contributed by atoms with E-state index in [2.05, 4.69) is 15.6 Å². The number of thiocarbonyl (C=S) groups is 1.